The number of hydrogen-bond acceptors (Lipinski definition) is 2. The molecule has 2 N–H and O–H groups in total. The van der Waals surface area contributed by atoms with E-state index in [2.05, 4.69) is 106 Å². The van der Waals surface area contributed by atoms with Crippen molar-refractivity contribution in [1.29, 1.82) is 0 Å². The van der Waals surface area contributed by atoms with Crippen LogP contribution in [0.1, 0.15) is 16.7 Å². The Kier molecular flexibility index (Phi) is 4.79. The smallest absolute Gasteiger partial charge is 0.138 e. The predicted molar refractivity (Wildman–Crippen MR) is 131 cm³/mol. The molecule has 0 aliphatic rings. The average molecular weight is 501 g/mol. The predicted octanol–water partition coefficient (Wildman–Crippen LogP) is 6.06. The molecule has 0 saturated heterocycles. The molecule has 0 amide bonds. The lowest BCUT2D eigenvalue weighted by Crippen LogP contribution is -2.38. The van der Waals surface area contributed by atoms with Gasteiger partial charge >= 0.3 is 0 Å². The van der Waals surface area contributed by atoms with Crippen LogP contribution in [0, 0.1) is 3.57 Å². The molecule has 4 aromatic carbocycles. The van der Waals surface area contributed by atoms with E-state index < -0.39 is 5.54 Å². The lowest BCUT2D eigenvalue weighted by Gasteiger charge is -2.37. The number of halogens is 1. The topological polar surface area (TPSA) is 43.8 Å². The van der Waals surface area contributed by atoms with Gasteiger partial charge < -0.3 is 5.73 Å². The van der Waals surface area contributed by atoms with Crippen LogP contribution >= 0.6 is 22.6 Å². The van der Waals surface area contributed by atoms with Gasteiger partial charge in [-0.25, -0.2) is 4.68 Å². The van der Waals surface area contributed by atoms with Gasteiger partial charge in [-0.1, -0.05) is 91.0 Å². The first-order valence-corrected chi connectivity index (χ1v) is 10.9. The molecule has 5 aromatic rings. The number of nitrogens with two attached hydrogens (primary N) is 1. The number of fused-ring (bicyclic) bond motifs is 1. The first kappa shape index (κ1) is 18.9. The van der Waals surface area contributed by atoms with Crippen LogP contribution in [0.5, 0.6) is 0 Å². The van der Waals surface area contributed by atoms with Crippen molar-refractivity contribution in [2.24, 2.45) is 0 Å². The summed E-state index contributed by atoms with van der Waals surface area (Å²) in [6.07, 6.45) is 1.93. The van der Waals surface area contributed by atoms with E-state index in [0.717, 1.165) is 36.9 Å². The fourth-order valence-electron chi connectivity index (χ4n) is 4.23. The molecule has 0 spiro atoms. The van der Waals surface area contributed by atoms with E-state index in [1.807, 2.05) is 30.5 Å². The van der Waals surface area contributed by atoms with Crippen molar-refractivity contribution in [3.63, 3.8) is 0 Å². The second-order valence-electron chi connectivity index (χ2n) is 7.30. The Hall–Kier alpha value is -3.12. The fourth-order valence-corrected chi connectivity index (χ4v) is 4.73. The zero-order valence-corrected chi connectivity index (χ0v) is 18.4. The Bertz CT molecular complexity index is 1200. The number of nitrogen functional groups attached to an aromatic ring is 1. The fraction of sp³-hybridized carbons (Fsp3) is 0.0385. The van der Waals surface area contributed by atoms with Crippen LogP contribution < -0.4 is 5.73 Å². The minimum atomic E-state index is -0.634. The summed E-state index contributed by atoms with van der Waals surface area (Å²) in [5.41, 5.74) is 10.9. The van der Waals surface area contributed by atoms with E-state index in [-0.39, 0.29) is 0 Å². The highest BCUT2D eigenvalue weighted by Crippen LogP contribution is 2.42. The van der Waals surface area contributed by atoms with Gasteiger partial charge in [0.25, 0.3) is 0 Å². The van der Waals surface area contributed by atoms with E-state index in [4.69, 9.17) is 10.8 Å². The van der Waals surface area contributed by atoms with Gasteiger partial charge in [-0.3, -0.25) is 0 Å². The van der Waals surface area contributed by atoms with Crippen LogP contribution in [0.15, 0.2) is 109 Å². The molecular weight excluding hydrogens is 481 g/mol. The zero-order valence-electron chi connectivity index (χ0n) is 16.2. The number of nitrogens with zero attached hydrogens (tertiary/aromatic N) is 2. The maximum atomic E-state index is 6.32. The Morgan fingerprint density at radius 1 is 0.700 bits per heavy atom. The van der Waals surface area contributed by atoms with Gasteiger partial charge in [-0.15, -0.1) is 0 Å². The molecule has 1 heterocycles. The van der Waals surface area contributed by atoms with Crippen LogP contribution in [0.25, 0.3) is 10.9 Å². The molecule has 3 nitrogen and oxygen atoms in total. The van der Waals surface area contributed by atoms with Crippen LogP contribution in [-0.2, 0) is 5.54 Å². The number of benzene rings is 4. The number of hydrogen-bond donors (Lipinski definition) is 1. The van der Waals surface area contributed by atoms with E-state index in [9.17, 15) is 0 Å². The van der Waals surface area contributed by atoms with Crippen molar-refractivity contribution in [3.8, 4) is 0 Å². The van der Waals surface area contributed by atoms with Gasteiger partial charge in [0.1, 0.15) is 5.54 Å². The van der Waals surface area contributed by atoms with E-state index in [1.165, 1.54) is 0 Å². The van der Waals surface area contributed by atoms with E-state index in [1.54, 1.807) is 0 Å². The highest BCUT2D eigenvalue weighted by atomic mass is 127. The minimum Gasteiger partial charge on any atom is -0.398 e. The average Bonchev–Trinajstić information content (AvgIpc) is 3.20. The lowest BCUT2D eigenvalue weighted by atomic mass is 9.77. The number of aromatic nitrogens is 2. The standard InChI is InChI=1S/C26H20IN3/c27-23-16-19-18-29-30(25(19)17-24(23)28)26(20-10-4-1-5-11-20,21-12-6-2-7-13-21)22-14-8-3-9-15-22/h1-18H,28H2. The molecule has 30 heavy (non-hydrogen) atoms. The highest BCUT2D eigenvalue weighted by molar-refractivity contribution is 14.1. The molecule has 0 aliphatic heterocycles. The van der Waals surface area contributed by atoms with Crippen molar-refractivity contribution < 1.29 is 0 Å². The van der Waals surface area contributed by atoms with E-state index in [0.29, 0.717) is 0 Å². The third-order valence-corrected chi connectivity index (χ3v) is 6.51. The summed E-state index contributed by atoms with van der Waals surface area (Å²) < 4.78 is 3.15. The van der Waals surface area contributed by atoms with Gasteiger partial charge in [0.15, 0.2) is 0 Å². The molecule has 0 atom stereocenters. The van der Waals surface area contributed by atoms with Gasteiger partial charge in [0, 0.05) is 14.6 Å². The third-order valence-electron chi connectivity index (χ3n) is 5.58. The molecular formula is C26H20IN3. The molecule has 0 aliphatic carbocycles. The number of rotatable bonds is 4. The number of anilines is 1. The van der Waals surface area contributed by atoms with Crippen LogP contribution in [-0.4, -0.2) is 9.78 Å². The molecule has 5 rings (SSSR count). The molecule has 0 unspecified atom stereocenters. The molecule has 0 radical (unpaired) electrons. The summed E-state index contributed by atoms with van der Waals surface area (Å²) >= 11 is 2.28. The van der Waals surface area contributed by atoms with Crippen LogP contribution in [0.2, 0.25) is 0 Å². The molecule has 4 heteroatoms. The second-order valence-corrected chi connectivity index (χ2v) is 8.46. The Morgan fingerprint density at radius 2 is 1.17 bits per heavy atom. The maximum Gasteiger partial charge on any atom is 0.138 e. The molecule has 146 valence electrons. The summed E-state index contributed by atoms with van der Waals surface area (Å²) in [6.45, 7) is 0. The molecule has 0 saturated carbocycles. The van der Waals surface area contributed by atoms with Crippen molar-refractivity contribution in [3.05, 3.63) is 130 Å². The first-order chi connectivity index (χ1) is 14.7. The third kappa shape index (κ3) is 2.91. The van der Waals surface area contributed by atoms with Gasteiger partial charge in [0.05, 0.1) is 11.7 Å². The van der Waals surface area contributed by atoms with Crippen LogP contribution in [0.3, 0.4) is 0 Å². The summed E-state index contributed by atoms with van der Waals surface area (Å²) in [5.74, 6) is 0. The maximum absolute atomic E-state index is 6.32. The largest absolute Gasteiger partial charge is 0.398 e. The molecule has 0 bridgehead atoms. The molecule has 1 aromatic heterocycles. The van der Waals surface area contributed by atoms with Crippen molar-refractivity contribution >= 4 is 39.2 Å². The SMILES string of the molecule is Nc1cc2c(cnn2C(c2ccccc2)(c2ccccc2)c2ccccc2)cc1I. The quantitative estimate of drug-likeness (QED) is 0.185. The summed E-state index contributed by atoms with van der Waals surface area (Å²) in [4.78, 5) is 0. The first-order valence-electron chi connectivity index (χ1n) is 9.81. The Balaban J connectivity index is 1.96. The summed E-state index contributed by atoms with van der Waals surface area (Å²) in [5, 5.41) is 6.01. The Morgan fingerprint density at radius 3 is 1.63 bits per heavy atom. The van der Waals surface area contributed by atoms with Gasteiger partial charge in [0.2, 0.25) is 0 Å². The Labute approximate surface area is 189 Å². The minimum absolute atomic E-state index is 0.634. The zero-order chi connectivity index (χ0) is 20.6. The van der Waals surface area contributed by atoms with Gasteiger partial charge in [-0.2, -0.15) is 5.10 Å². The molecule has 0 fully saturated rings. The summed E-state index contributed by atoms with van der Waals surface area (Å²) in [6, 6.07) is 35.8. The summed E-state index contributed by atoms with van der Waals surface area (Å²) in [7, 11) is 0. The van der Waals surface area contributed by atoms with Crippen molar-refractivity contribution in [2.75, 3.05) is 5.73 Å². The normalized spacial score (nSPS) is 11.6. The highest BCUT2D eigenvalue weighted by Gasteiger charge is 2.40. The lowest BCUT2D eigenvalue weighted by molar-refractivity contribution is 0.476. The van der Waals surface area contributed by atoms with E-state index >= 15 is 0 Å². The van der Waals surface area contributed by atoms with Crippen molar-refractivity contribution in [2.45, 2.75) is 5.54 Å². The second kappa shape index (κ2) is 7.61. The monoisotopic (exact) mass is 501 g/mol. The van der Waals surface area contributed by atoms with Crippen LogP contribution in [0.4, 0.5) is 5.69 Å². The van der Waals surface area contributed by atoms with Crippen molar-refractivity contribution in [1.82, 2.24) is 9.78 Å². The van der Waals surface area contributed by atoms with Gasteiger partial charge in [-0.05, 0) is 51.4 Å².